The zero-order chi connectivity index (χ0) is 19.7. The predicted octanol–water partition coefficient (Wildman–Crippen LogP) is 3.96. The number of esters is 1. The van der Waals surface area contributed by atoms with Gasteiger partial charge in [0.25, 0.3) is 5.69 Å². The number of benzene rings is 1. The van der Waals surface area contributed by atoms with Gasteiger partial charge >= 0.3 is 5.97 Å². The van der Waals surface area contributed by atoms with Gasteiger partial charge in [-0.2, -0.15) is 0 Å². The van der Waals surface area contributed by atoms with E-state index in [9.17, 15) is 20.0 Å². The molecular formula is C17H22Cl2N2O5. The second-order valence-electron chi connectivity index (χ2n) is 7.49. The van der Waals surface area contributed by atoms with Gasteiger partial charge in [0.05, 0.1) is 27.7 Å². The lowest BCUT2D eigenvalue weighted by Crippen LogP contribution is -2.46. The second-order valence-corrected chi connectivity index (χ2v) is 8.30. The van der Waals surface area contributed by atoms with Crippen molar-refractivity contribution < 1.29 is 19.6 Å². The number of hydrogen-bond donors (Lipinski definition) is 1. The number of aliphatic hydroxyl groups is 1. The number of nitrogens with zero attached hydrogens (tertiary/aromatic N) is 2. The normalized spacial score (nSPS) is 17.1. The highest BCUT2D eigenvalue weighted by Gasteiger charge is 2.36. The lowest BCUT2D eigenvalue weighted by molar-refractivity contribution is -0.384. The van der Waals surface area contributed by atoms with Crippen molar-refractivity contribution >= 4 is 40.5 Å². The fourth-order valence-electron chi connectivity index (χ4n) is 2.89. The molecule has 0 spiro atoms. The zero-order valence-corrected chi connectivity index (χ0v) is 16.4. The molecule has 9 heteroatoms. The van der Waals surface area contributed by atoms with Crippen molar-refractivity contribution in [2.75, 3.05) is 18.0 Å². The van der Waals surface area contributed by atoms with E-state index in [4.69, 9.17) is 27.9 Å². The summed E-state index contributed by atoms with van der Waals surface area (Å²) in [5.41, 5.74) is -1.42. The Bertz CT molecular complexity index is 710. The van der Waals surface area contributed by atoms with Crippen LogP contribution in [-0.2, 0) is 9.53 Å². The average Bonchev–Trinajstić information content (AvgIpc) is 2.47. The highest BCUT2D eigenvalue weighted by Crippen LogP contribution is 2.38. The summed E-state index contributed by atoms with van der Waals surface area (Å²) in [6.45, 7) is 6.20. The molecule has 2 rings (SSSR count). The third-order valence-electron chi connectivity index (χ3n) is 4.14. The Morgan fingerprint density at radius 2 is 1.88 bits per heavy atom. The van der Waals surface area contributed by atoms with Crippen LogP contribution in [-0.4, -0.2) is 40.3 Å². The Labute approximate surface area is 162 Å². The number of rotatable bonds is 4. The molecule has 0 bridgehead atoms. The van der Waals surface area contributed by atoms with Gasteiger partial charge in [-0.25, -0.2) is 0 Å². The minimum atomic E-state index is -1.14. The highest BCUT2D eigenvalue weighted by atomic mass is 35.5. The standard InChI is InChI=1S/C17H22Cl2N2O5/c1-16(2,3)26-15(22)10-17(23)4-6-20(7-5-17)13-8-12(19)14(21(24)25)9-11(13)18/h8-9,23H,4-7,10H2,1-3H3. The summed E-state index contributed by atoms with van der Waals surface area (Å²) >= 11 is 12.1. The number of carbonyl (C=O) groups is 1. The Morgan fingerprint density at radius 3 is 2.38 bits per heavy atom. The van der Waals surface area contributed by atoms with Crippen molar-refractivity contribution in [3.63, 3.8) is 0 Å². The molecule has 1 N–H and O–H groups in total. The van der Waals surface area contributed by atoms with Gasteiger partial charge in [-0.15, -0.1) is 0 Å². The monoisotopic (exact) mass is 404 g/mol. The molecule has 1 fully saturated rings. The van der Waals surface area contributed by atoms with Gasteiger partial charge in [0.2, 0.25) is 0 Å². The number of piperidine rings is 1. The molecule has 26 heavy (non-hydrogen) atoms. The van der Waals surface area contributed by atoms with Crippen molar-refractivity contribution in [3.05, 3.63) is 32.3 Å². The fourth-order valence-corrected chi connectivity index (χ4v) is 3.40. The predicted molar refractivity (Wildman–Crippen MR) is 100.0 cm³/mol. The zero-order valence-electron chi connectivity index (χ0n) is 14.9. The molecule has 1 heterocycles. The molecule has 1 aliphatic rings. The van der Waals surface area contributed by atoms with Crippen molar-refractivity contribution in [1.29, 1.82) is 0 Å². The summed E-state index contributed by atoms with van der Waals surface area (Å²) < 4.78 is 5.27. The molecule has 1 aromatic rings. The summed E-state index contributed by atoms with van der Waals surface area (Å²) in [5, 5.41) is 21.8. The van der Waals surface area contributed by atoms with Crippen LogP contribution < -0.4 is 4.90 Å². The van der Waals surface area contributed by atoms with E-state index in [2.05, 4.69) is 0 Å². The van der Waals surface area contributed by atoms with Gasteiger partial charge in [0, 0.05) is 19.2 Å². The highest BCUT2D eigenvalue weighted by molar-refractivity contribution is 6.36. The number of carbonyl (C=O) groups excluding carboxylic acids is 1. The first-order valence-electron chi connectivity index (χ1n) is 8.23. The van der Waals surface area contributed by atoms with Crippen molar-refractivity contribution in [3.8, 4) is 0 Å². The largest absolute Gasteiger partial charge is 0.460 e. The number of nitro benzene ring substituents is 1. The molecule has 0 unspecified atom stereocenters. The molecule has 0 aliphatic carbocycles. The number of nitro groups is 1. The Hall–Kier alpha value is -1.57. The van der Waals surface area contributed by atoms with E-state index in [1.807, 2.05) is 4.90 Å². The Balaban J connectivity index is 2.05. The van der Waals surface area contributed by atoms with E-state index in [0.29, 0.717) is 31.6 Å². The SMILES string of the molecule is CC(C)(C)OC(=O)CC1(O)CCN(c2cc(Cl)c([N+](=O)[O-])cc2Cl)CC1. The van der Waals surface area contributed by atoms with Crippen molar-refractivity contribution in [1.82, 2.24) is 0 Å². The van der Waals surface area contributed by atoms with Gasteiger partial charge in [0.15, 0.2) is 0 Å². The first kappa shape index (κ1) is 20.7. The second kappa shape index (κ2) is 7.58. The van der Waals surface area contributed by atoms with Crippen LogP contribution in [0.2, 0.25) is 10.0 Å². The molecule has 1 saturated heterocycles. The molecule has 0 radical (unpaired) electrons. The van der Waals surface area contributed by atoms with Crippen LogP contribution in [0, 0.1) is 10.1 Å². The van der Waals surface area contributed by atoms with Gasteiger partial charge in [-0.05, 0) is 39.7 Å². The van der Waals surface area contributed by atoms with Crippen LogP contribution in [0.4, 0.5) is 11.4 Å². The smallest absolute Gasteiger partial charge is 0.309 e. The van der Waals surface area contributed by atoms with Crippen LogP contribution in [0.15, 0.2) is 12.1 Å². The maximum Gasteiger partial charge on any atom is 0.309 e. The van der Waals surface area contributed by atoms with Gasteiger partial charge < -0.3 is 14.7 Å². The fraction of sp³-hybridized carbons (Fsp3) is 0.588. The molecule has 0 atom stereocenters. The lowest BCUT2D eigenvalue weighted by atomic mass is 9.88. The van der Waals surface area contributed by atoms with E-state index in [1.54, 1.807) is 20.8 Å². The first-order chi connectivity index (χ1) is 11.9. The van der Waals surface area contributed by atoms with E-state index >= 15 is 0 Å². The van der Waals surface area contributed by atoms with E-state index in [1.165, 1.54) is 12.1 Å². The van der Waals surface area contributed by atoms with Crippen LogP contribution in [0.25, 0.3) is 0 Å². The minimum absolute atomic E-state index is 0.00369. The summed E-state index contributed by atoms with van der Waals surface area (Å²) in [4.78, 5) is 24.2. The molecule has 0 aromatic heterocycles. The van der Waals surface area contributed by atoms with E-state index < -0.39 is 22.1 Å². The van der Waals surface area contributed by atoms with Crippen LogP contribution in [0.3, 0.4) is 0 Å². The Morgan fingerprint density at radius 1 is 1.31 bits per heavy atom. The van der Waals surface area contributed by atoms with E-state index in [0.717, 1.165) is 0 Å². The van der Waals surface area contributed by atoms with Crippen LogP contribution in [0.5, 0.6) is 0 Å². The summed E-state index contributed by atoms with van der Waals surface area (Å²) in [5.74, 6) is -0.440. The molecule has 144 valence electrons. The third-order valence-corrected chi connectivity index (χ3v) is 4.75. The van der Waals surface area contributed by atoms with Crippen molar-refractivity contribution in [2.24, 2.45) is 0 Å². The molecule has 1 aromatic carbocycles. The van der Waals surface area contributed by atoms with Crippen LogP contribution in [0.1, 0.15) is 40.0 Å². The van der Waals surface area contributed by atoms with Gasteiger partial charge in [-0.3, -0.25) is 14.9 Å². The summed E-state index contributed by atoms with van der Waals surface area (Å²) in [7, 11) is 0. The van der Waals surface area contributed by atoms with Crippen molar-refractivity contribution in [2.45, 2.75) is 51.2 Å². The number of halogens is 2. The first-order valence-corrected chi connectivity index (χ1v) is 8.98. The molecule has 0 amide bonds. The molecule has 1 aliphatic heterocycles. The van der Waals surface area contributed by atoms with Crippen LogP contribution >= 0.6 is 23.2 Å². The summed E-state index contributed by atoms with van der Waals surface area (Å²) in [6, 6.07) is 2.68. The number of hydrogen-bond acceptors (Lipinski definition) is 6. The number of anilines is 1. The third kappa shape index (κ3) is 5.22. The number of ether oxygens (including phenoxy) is 1. The Kier molecular flexibility index (Phi) is 6.05. The quantitative estimate of drug-likeness (QED) is 0.463. The average molecular weight is 405 g/mol. The van der Waals surface area contributed by atoms with E-state index in [-0.39, 0.29) is 22.2 Å². The van der Waals surface area contributed by atoms with Gasteiger partial charge in [0.1, 0.15) is 10.6 Å². The minimum Gasteiger partial charge on any atom is -0.460 e. The molecule has 7 nitrogen and oxygen atoms in total. The molecular weight excluding hydrogens is 383 g/mol. The maximum atomic E-state index is 12.0. The van der Waals surface area contributed by atoms with Gasteiger partial charge in [-0.1, -0.05) is 23.2 Å². The topological polar surface area (TPSA) is 92.9 Å². The molecule has 0 saturated carbocycles. The lowest BCUT2D eigenvalue weighted by Gasteiger charge is -2.39. The maximum absolute atomic E-state index is 12.0. The summed E-state index contributed by atoms with van der Waals surface area (Å²) in [6.07, 6.45) is 0.612.